The summed E-state index contributed by atoms with van der Waals surface area (Å²) >= 11 is 0. The fourth-order valence-electron chi connectivity index (χ4n) is 3.16. The van der Waals surface area contributed by atoms with Crippen LogP contribution < -0.4 is 5.32 Å². The Hall–Kier alpha value is -0.810. The Morgan fingerprint density at radius 3 is 2.45 bits per heavy atom. The summed E-state index contributed by atoms with van der Waals surface area (Å²) in [6.07, 6.45) is 3.81. The Labute approximate surface area is 136 Å². The van der Waals surface area contributed by atoms with Crippen molar-refractivity contribution in [2.75, 3.05) is 40.3 Å². The second-order valence-corrected chi connectivity index (χ2v) is 7.90. The van der Waals surface area contributed by atoms with Gasteiger partial charge in [0.2, 0.25) is 0 Å². The first kappa shape index (κ1) is 19.2. The van der Waals surface area contributed by atoms with Crippen LogP contribution in [0.4, 0.5) is 4.79 Å². The van der Waals surface area contributed by atoms with Crippen LogP contribution in [0.25, 0.3) is 0 Å². The van der Waals surface area contributed by atoms with Gasteiger partial charge in [0, 0.05) is 19.6 Å². The zero-order chi connectivity index (χ0) is 16.8. The largest absolute Gasteiger partial charge is 0.393 e. The number of rotatable bonds is 7. The smallest absolute Gasteiger partial charge is 0.317 e. The first-order valence-electron chi connectivity index (χ1n) is 8.55. The lowest BCUT2D eigenvalue weighted by molar-refractivity contribution is 0.124. The molecule has 130 valence electrons. The van der Waals surface area contributed by atoms with Crippen molar-refractivity contribution in [1.29, 1.82) is 0 Å². The average molecular weight is 313 g/mol. The number of piperidine rings is 1. The predicted octanol–water partition coefficient (Wildman–Crippen LogP) is 2.16. The van der Waals surface area contributed by atoms with Gasteiger partial charge in [-0.1, -0.05) is 13.8 Å². The van der Waals surface area contributed by atoms with Crippen molar-refractivity contribution in [2.45, 2.75) is 52.6 Å². The quantitative estimate of drug-likeness (QED) is 0.757. The van der Waals surface area contributed by atoms with Crippen LogP contribution in [0.3, 0.4) is 0 Å². The molecular formula is C17H35N3O2. The molecule has 1 saturated heterocycles. The summed E-state index contributed by atoms with van der Waals surface area (Å²) in [7, 11) is 4.22. The molecule has 1 aliphatic rings. The first-order valence-corrected chi connectivity index (χ1v) is 8.55. The lowest BCUT2D eigenvalue weighted by Gasteiger charge is -2.34. The van der Waals surface area contributed by atoms with E-state index in [9.17, 15) is 9.90 Å². The third-order valence-electron chi connectivity index (χ3n) is 4.45. The van der Waals surface area contributed by atoms with Crippen molar-refractivity contribution < 1.29 is 9.90 Å². The minimum absolute atomic E-state index is 0.0460. The lowest BCUT2D eigenvalue weighted by atomic mass is 9.87. The number of carbonyl (C=O) groups excluding carboxylic acids is 1. The Morgan fingerprint density at radius 2 is 1.95 bits per heavy atom. The first-order chi connectivity index (χ1) is 10.2. The number of urea groups is 1. The summed E-state index contributed by atoms with van der Waals surface area (Å²) < 4.78 is 0. The number of nitrogens with one attached hydrogen (secondary N) is 1. The zero-order valence-corrected chi connectivity index (χ0v) is 15.1. The summed E-state index contributed by atoms with van der Waals surface area (Å²) in [6.45, 7) is 9.41. The highest BCUT2D eigenvalue weighted by molar-refractivity contribution is 5.74. The molecule has 0 aromatic heterocycles. The minimum atomic E-state index is -0.334. The highest BCUT2D eigenvalue weighted by Crippen LogP contribution is 2.23. The van der Waals surface area contributed by atoms with Gasteiger partial charge in [0.15, 0.2) is 0 Å². The molecular weight excluding hydrogens is 278 g/mol. The van der Waals surface area contributed by atoms with Crippen LogP contribution in [0.2, 0.25) is 0 Å². The van der Waals surface area contributed by atoms with E-state index in [-0.39, 0.29) is 17.6 Å². The molecule has 0 bridgehead atoms. The van der Waals surface area contributed by atoms with Crippen LogP contribution >= 0.6 is 0 Å². The molecule has 0 aromatic carbocycles. The highest BCUT2D eigenvalue weighted by atomic mass is 16.3. The Kier molecular flexibility index (Phi) is 7.63. The maximum absolute atomic E-state index is 12.2. The van der Waals surface area contributed by atoms with E-state index in [1.54, 1.807) is 6.92 Å². The van der Waals surface area contributed by atoms with E-state index in [4.69, 9.17) is 0 Å². The van der Waals surface area contributed by atoms with Crippen LogP contribution in [0.15, 0.2) is 0 Å². The summed E-state index contributed by atoms with van der Waals surface area (Å²) in [5, 5.41) is 12.5. The van der Waals surface area contributed by atoms with E-state index in [0.29, 0.717) is 13.0 Å². The molecule has 1 aliphatic heterocycles. The number of amides is 2. The summed E-state index contributed by atoms with van der Waals surface area (Å²) in [5.74, 6) is 0.748. The Balaban J connectivity index is 2.28. The van der Waals surface area contributed by atoms with E-state index in [0.717, 1.165) is 38.4 Å². The molecule has 1 unspecified atom stereocenters. The predicted molar refractivity (Wildman–Crippen MR) is 90.9 cm³/mol. The van der Waals surface area contributed by atoms with Gasteiger partial charge in [-0.3, -0.25) is 0 Å². The van der Waals surface area contributed by atoms with Crippen LogP contribution in [-0.4, -0.2) is 67.3 Å². The third kappa shape index (κ3) is 7.45. The fourth-order valence-corrected chi connectivity index (χ4v) is 3.16. The van der Waals surface area contributed by atoms with Crippen molar-refractivity contribution in [3.63, 3.8) is 0 Å². The maximum atomic E-state index is 12.2. The number of likely N-dealkylation sites (tertiary alicyclic amines) is 1. The lowest BCUT2D eigenvalue weighted by Crippen LogP contribution is -2.47. The van der Waals surface area contributed by atoms with Gasteiger partial charge >= 0.3 is 6.03 Å². The van der Waals surface area contributed by atoms with Crippen molar-refractivity contribution in [1.82, 2.24) is 15.1 Å². The van der Waals surface area contributed by atoms with Gasteiger partial charge in [-0.2, -0.15) is 0 Å². The molecule has 0 radical (unpaired) electrons. The molecule has 2 amide bonds. The summed E-state index contributed by atoms with van der Waals surface area (Å²) in [6, 6.07) is 0.0460. The van der Waals surface area contributed by atoms with Gasteiger partial charge < -0.3 is 20.2 Å². The van der Waals surface area contributed by atoms with Crippen LogP contribution in [0.5, 0.6) is 0 Å². The summed E-state index contributed by atoms with van der Waals surface area (Å²) in [5.41, 5.74) is -0.0755. The normalized spacial score (nSPS) is 18.6. The van der Waals surface area contributed by atoms with Gasteiger partial charge in [0.05, 0.1) is 6.10 Å². The van der Waals surface area contributed by atoms with E-state index in [1.807, 2.05) is 4.90 Å². The van der Waals surface area contributed by atoms with Gasteiger partial charge in [-0.25, -0.2) is 4.79 Å². The number of aliphatic hydroxyl groups is 1. The molecule has 5 heteroatoms. The van der Waals surface area contributed by atoms with Crippen LogP contribution in [0.1, 0.15) is 46.5 Å². The highest BCUT2D eigenvalue weighted by Gasteiger charge is 2.25. The summed E-state index contributed by atoms with van der Waals surface area (Å²) in [4.78, 5) is 16.4. The molecule has 0 aromatic rings. The number of hydrogen-bond acceptors (Lipinski definition) is 3. The molecule has 2 N–H and O–H groups in total. The topological polar surface area (TPSA) is 55.8 Å². The maximum Gasteiger partial charge on any atom is 0.317 e. The molecule has 1 fully saturated rings. The second kappa shape index (κ2) is 8.73. The van der Waals surface area contributed by atoms with Crippen molar-refractivity contribution in [2.24, 2.45) is 11.3 Å². The number of carbonyl (C=O) groups is 1. The van der Waals surface area contributed by atoms with Gasteiger partial charge in [0.1, 0.15) is 0 Å². The van der Waals surface area contributed by atoms with Crippen LogP contribution in [-0.2, 0) is 0 Å². The Morgan fingerprint density at radius 1 is 1.36 bits per heavy atom. The van der Waals surface area contributed by atoms with E-state index < -0.39 is 0 Å². The standard InChI is InChI=1S/C17H35N3O2/c1-14(21)12-17(2,3)13-18-16(22)20-10-7-15(8-11-20)6-9-19(4)5/h14-15,21H,6-13H2,1-5H3,(H,18,22). The molecule has 1 rings (SSSR count). The second-order valence-electron chi connectivity index (χ2n) is 7.90. The van der Waals surface area contributed by atoms with Gasteiger partial charge in [-0.15, -0.1) is 0 Å². The number of nitrogens with zero attached hydrogens (tertiary/aromatic N) is 2. The van der Waals surface area contributed by atoms with E-state index in [1.165, 1.54) is 6.42 Å². The molecule has 1 heterocycles. The van der Waals surface area contributed by atoms with Crippen LogP contribution in [0, 0.1) is 11.3 Å². The molecule has 5 nitrogen and oxygen atoms in total. The minimum Gasteiger partial charge on any atom is -0.393 e. The molecule has 22 heavy (non-hydrogen) atoms. The average Bonchev–Trinajstić information content (AvgIpc) is 2.42. The fraction of sp³-hybridized carbons (Fsp3) is 0.941. The van der Waals surface area contributed by atoms with Gasteiger partial charge in [-0.05, 0) is 64.6 Å². The molecule has 0 saturated carbocycles. The SMILES string of the molecule is CC(O)CC(C)(C)CNC(=O)N1CCC(CCN(C)C)CC1. The number of aliphatic hydroxyl groups excluding tert-OH is 1. The number of hydrogen-bond donors (Lipinski definition) is 2. The van der Waals surface area contributed by atoms with Crippen molar-refractivity contribution >= 4 is 6.03 Å². The third-order valence-corrected chi connectivity index (χ3v) is 4.45. The Bertz CT molecular complexity index is 335. The zero-order valence-electron chi connectivity index (χ0n) is 15.1. The molecule has 0 aliphatic carbocycles. The molecule has 1 atom stereocenters. The van der Waals surface area contributed by atoms with Crippen molar-refractivity contribution in [3.8, 4) is 0 Å². The van der Waals surface area contributed by atoms with E-state index in [2.05, 4.69) is 38.2 Å². The van der Waals surface area contributed by atoms with Gasteiger partial charge in [0.25, 0.3) is 0 Å². The monoisotopic (exact) mass is 313 g/mol. The van der Waals surface area contributed by atoms with Crippen molar-refractivity contribution in [3.05, 3.63) is 0 Å². The van der Waals surface area contributed by atoms with E-state index >= 15 is 0 Å². The molecule has 0 spiro atoms.